The first-order chi connectivity index (χ1) is 7.58. The van der Waals surface area contributed by atoms with Crippen LogP contribution >= 0.6 is 0 Å². The van der Waals surface area contributed by atoms with Crippen LogP contribution in [0.3, 0.4) is 0 Å². The molecule has 0 aromatic heterocycles. The van der Waals surface area contributed by atoms with Gasteiger partial charge in [0.1, 0.15) is 12.4 Å². The van der Waals surface area contributed by atoms with Gasteiger partial charge in [-0.05, 0) is 18.3 Å². The number of hydrogen-bond acceptors (Lipinski definition) is 5. The van der Waals surface area contributed by atoms with E-state index in [2.05, 4.69) is 15.2 Å². The summed E-state index contributed by atoms with van der Waals surface area (Å²) < 4.78 is 4.57. The zero-order chi connectivity index (χ0) is 12.0. The number of amidine groups is 1. The van der Waals surface area contributed by atoms with Gasteiger partial charge in [0.25, 0.3) is 0 Å². The molecule has 0 aromatic rings. The summed E-state index contributed by atoms with van der Waals surface area (Å²) in [5.74, 6) is 0.257. The molecule has 0 atom stereocenters. The van der Waals surface area contributed by atoms with Gasteiger partial charge in [-0.1, -0.05) is 5.16 Å². The normalized spacial score (nSPS) is 18.1. The van der Waals surface area contributed by atoms with Crippen molar-refractivity contribution in [1.82, 2.24) is 5.32 Å². The molecule has 0 heterocycles. The summed E-state index contributed by atoms with van der Waals surface area (Å²) >= 11 is 0. The fraction of sp³-hybridized carbons (Fsp3) is 0.778. The molecular weight excluding hydrogens is 212 g/mol. The third-order valence-electron chi connectivity index (χ3n) is 2.66. The number of rotatable bonds is 7. The SMILES string of the molecule is NC(=O)OCCNCC1(CC(N)=NO)CC1. The first kappa shape index (κ1) is 12.6. The van der Waals surface area contributed by atoms with Crippen LogP contribution in [0.1, 0.15) is 19.3 Å². The standard InChI is InChI=1S/C9H18N4O3/c10-7(13-15)5-9(1-2-9)6-12-3-4-16-8(11)14/h12,15H,1-6H2,(H2,10,13)(H2,11,14). The number of oxime groups is 1. The predicted molar refractivity (Wildman–Crippen MR) is 58.1 cm³/mol. The molecule has 0 spiro atoms. The molecular formula is C9H18N4O3. The number of ether oxygens (including phenoxy) is 1. The van der Waals surface area contributed by atoms with E-state index >= 15 is 0 Å². The molecule has 0 unspecified atom stereocenters. The van der Waals surface area contributed by atoms with Crippen molar-refractivity contribution in [1.29, 1.82) is 0 Å². The lowest BCUT2D eigenvalue weighted by Crippen LogP contribution is -2.31. The fourth-order valence-electron chi connectivity index (χ4n) is 1.59. The van der Waals surface area contributed by atoms with Crippen molar-refractivity contribution < 1.29 is 14.7 Å². The lowest BCUT2D eigenvalue weighted by molar-refractivity contribution is 0.156. The van der Waals surface area contributed by atoms with Gasteiger partial charge in [0.15, 0.2) is 0 Å². The molecule has 1 fully saturated rings. The fourth-order valence-corrected chi connectivity index (χ4v) is 1.59. The maximum Gasteiger partial charge on any atom is 0.404 e. The molecule has 0 aliphatic heterocycles. The van der Waals surface area contributed by atoms with E-state index in [1.54, 1.807) is 0 Å². The van der Waals surface area contributed by atoms with Crippen molar-refractivity contribution in [2.75, 3.05) is 19.7 Å². The molecule has 0 aromatic carbocycles. The minimum Gasteiger partial charge on any atom is -0.448 e. The zero-order valence-corrected chi connectivity index (χ0v) is 9.11. The van der Waals surface area contributed by atoms with Gasteiger partial charge >= 0.3 is 6.09 Å². The van der Waals surface area contributed by atoms with Crippen molar-refractivity contribution in [3.63, 3.8) is 0 Å². The minimum atomic E-state index is -0.764. The largest absolute Gasteiger partial charge is 0.448 e. The van der Waals surface area contributed by atoms with Crippen molar-refractivity contribution in [3.8, 4) is 0 Å². The van der Waals surface area contributed by atoms with Gasteiger partial charge in [-0.2, -0.15) is 0 Å². The Morgan fingerprint density at radius 3 is 2.69 bits per heavy atom. The van der Waals surface area contributed by atoms with E-state index in [0.717, 1.165) is 19.4 Å². The number of nitrogens with two attached hydrogens (primary N) is 2. The number of nitrogens with zero attached hydrogens (tertiary/aromatic N) is 1. The van der Waals surface area contributed by atoms with Crippen LogP contribution in [-0.2, 0) is 4.74 Å². The van der Waals surface area contributed by atoms with Crippen molar-refractivity contribution >= 4 is 11.9 Å². The number of primary amides is 1. The number of carbonyl (C=O) groups is 1. The number of nitrogens with one attached hydrogen (secondary N) is 1. The van der Waals surface area contributed by atoms with Crippen molar-refractivity contribution in [2.45, 2.75) is 19.3 Å². The third-order valence-corrected chi connectivity index (χ3v) is 2.66. The average molecular weight is 230 g/mol. The molecule has 1 rings (SSSR count). The summed E-state index contributed by atoms with van der Waals surface area (Å²) in [5.41, 5.74) is 10.4. The summed E-state index contributed by atoms with van der Waals surface area (Å²) in [5, 5.41) is 14.6. The average Bonchev–Trinajstić information content (AvgIpc) is 2.97. The van der Waals surface area contributed by atoms with Crippen LogP contribution in [0.2, 0.25) is 0 Å². The Morgan fingerprint density at radius 1 is 1.50 bits per heavy atom. The second-order valence-electron chi connectivity index (χ2n) is 4.11. The molecule has 0 bridgehead atoms. The van der Waals surface area contributed by atoms with E-state index in [1.807, 2.05) is 0 Å². The quantitative estimate of drug-likeness (QED) is 0.156. The second kappa shape index (κ2) is 5.55. The van der Waals surface area contributed by atoms with Crippen LogP contribution < -0.4 is 16.8 Å². The number of amides is 1. The summed E-state index contributed by atoms with van der Waals surface area (Å²) in [4.78, 5) is 10.3. The van der Waals surface area contributed by atoms with Gasteiger partial charge in [0.2, 0.25) is 0 Å². The third kappa shape index (κ3) is 4.35. The smallest absolute Gasteiger partial charge is 0.404 e. The molecule has 7 nitrogen and oxygen atoms in total. The van der Waals surface area contributed by atoms with Crippen molar-refractivity contribution in [3.05, 3.63) is 0 Å². The first-order valence-corrected chi connectivity index (χ1v) is 5.17. The summed E-state index contributed by atoms with van der Waals surface area (Å²) in [6, 6.07) is 0. The Bertz CT molecular complexity index is 276. The molecule has 0 saturated heterocycles. The van der Waals surface area contributed by atoms with E-state index in [0.29, 0.717) is 13.0 Å². The monoisotopic (exact) mass is 230 g/mol. The molecule has 7 heteroatoms. The first-order valence-electron chi connectivity index (χ1n) is 5.17. The van der Waals surface area contributed by atoms with Crippen LogP contribution in [0, 0.1) is 5.41 Å². The Balaban J connectivity index is 2.10. The number of hydrogen-bond donors (Lipinski definition) is 4. The van der Waals surface area contributed by atoms with E-state index in [4.69, 9.17) is 16.7 Å². The molecule has 1 aliphatic carbocycles. The van der Waals surface area contributed by atoms with E-state index in [1.165, 1.54) is 0 Å². The minimum absolute atomic E-state index is 0.114. The molecule has 0 radical (unpaired) electrons. The lowest BCUT2D eigenvalue weighted by atomic mass is 10.0. The van der Waals surface area contributed by atoms with Crippen LogP contribution in [-0.4, -0.2) is 36.8 Å². The predicted octanol–water partition coefficient (Wildman–Crippen LogP) is -0.412. The van der Waals surface area contributed by atoms with Crippen LogP contribution in [0.15, 0.2) is 5.16 Å². The summed E-state index contributed by atoms with van der Waals surface area (Å²) in [6.07, 6.45) is 1.95. The van der Waals surface area contributed by atoms with Crippen LogP contribution in [0.4, 0.5) is 4.79 Å². The van der Waals surface area contributed by atoms with E-state index < -0.39 is 6.09 Å². The van der Waals surface area contributed by atoms with Crippen LogP contribution in [0.25, 0.3) is 0 Å². The van der Waals surface area contributed by atoms with Gasteiger partial charge in [-0.25, -0.2) is 4.79 Å². The summed E-state index contributed by atoms with van der Waals surface area (Å²) in [7, 11) is 0. The van der Waals surface area contributed by atoms with Gasteiger partial charge in [0.05, 0.1) is 0 Å². The molecule has 6 N–H and O–H groups in total. The molecule has 1 aliphatic rings. The lowest BCUT2D eigenvalue weighted by Gasteiger charge is -2.14. The van der Waals surface area contributed by atoms with Gasteiger partial charge < -0.3 is 26.7 Å². The van der Waals surface area contributed by atoms with Gasteiger partial charge in [-0.3, -0.25) is 0 Å². The van der Waals surface area contributed by atoms with E-state index in [-0.39, 0.29) is 17.9 Å². The Kier molecular flexibility index (Phi) is 4.36. The van der Waals surface area contributed by atoms with Gasteiger partial charge in [0, 0.05) is 19.5 Å². The second-order valence-corrected chi connectivity index (χ2v) is 4.11. The maximum atomic E-state index is 10.3. The highest BCUT2D eigenvalue weighted by Gasteiger charge is 2.42. The number of carbonyl (C=O) groups excluding carboxylic acids is 1. The highest BCUT2D eigenvalue weighted by Crippen LogP contribution is 2.48. The zero-order valence-electron chi connectivity index (χ0n) is 9.11. The molecule has 16 heavy (non-hydrogen) atoms. The topological polar surface area (TPSA) is 123 Å². The Labute approximate surface area is 93.8 Å². The molecule has 92 valence electrons. The highest BCUT2D eigenvalue weighted by molar-refractivity contribution is 5.80. The summed E-state index contributed by atoms with van der Waals surface area (Å²) in [6.45, 7) is 1.58. The molecule has 1 amide bonds. The van der Waals surface area contributed by atoms with Crippen LogP contribution in [0.5, 0.6) is 0 Å². The van der Waals surface area contributed by atoms with E-state index in [9.17, 15) is 4.79 Å². The van der Waals surface area contributed by atoms with Crippen molar-refractivity contribution in [2.24, 2.45) is 22.0 Å². The Hall–Kier alpha value is -1.50. The Morgan fingerprint density at radius 2 is 2.19 bits per heavy atom. The maximum absolute atomic E-state index is 10.3. The highest BCUT2D eigenvalue weighted by atomic mass is 16.5. The van der Waals surface area contributed by atoms with Gasteiger partial charge in [-0.15, -0.1) is 0 Å². The molecule has 1 saturated carbocycles.